The molecule has 1 heterocycles. The minimum absolute atomic E-state index is 0.208. The standard InChI is InChI=1S/C14H20N4O2S/c1-4-13-14(9-18(3)16-13)17-21(19,20)12-6-5-10(2)11(7-12)8-15/h5-7,9,17H,4,8,15H2,1-3H3. The fourth-order valence-electron chi connectivity index (χ4n) is 2.12. The molecule has 3 N–H and O–H groups in total. The number of rotatable bonds is 5. The summed E-state index contributed by atoms with van der Waals surface area (Å²) >= 11 is 0. The molecule has 1 aromatic carbocycles. The van der Waals surface area contributed by atoms with Crippen LogP contribution in [0.15, 0.2) is 29.3 Å². The van der Waals surface area contributed by atoms with E-state index in [1.165, 1.54) is 0 Å². The van der Waals surface area contributed by atoms with Gasteiger partial charge in [-0.05, 0) is 36.6 Å². The van der Waals surface area contributed by atoms with Crippen molar-refractivity contribution in [3.05, 3.63) is 41.2 Å². The third-order valence-electron chi connectivity index (χ3n) is 3.34. The van der Waals surface area contributed by atoms with E-state index in [0.29, 0.717) is 24.3 Å². The maximum Gasteiger partial charge on any atom is 0.262 e. The SMILES string of the molecule is CCc1nn(C)cc1NS(=O)(=O)c1ccc(C)c(CN)c1. The van der Waals surface area contributed by atoms with Crippen molar-refractivity contribution in [3.8, 4) is 0 Å². The molecule has 0 spiro atoms. The smallest absolute Gasteiger partial charge is 0.262 e. The van der Waals surface area contributed by atoms with Crippen molar-refractivity contribution < 1.29 is 8.42 Å². The zero-order chi connectivity index (χ0) is 15.6. The average Bonchev–Trinajstić information content (AvgIpc) is 2.78. The highest BCUT2D eigenvalue weighted by Crippen LogP contribution is 2.21. The van der Waals surface area contributed by atoms with E-state index in [9.17, 15) is 8.42 Å². The maximum absolute atomic E-state index is 12.5. The Morgan fingerprint density at radius 2 is 2.10 bits per heavy atom. The van der Waals surface area contributed by atoms with Gasteiger partial charge < -0.3 is 5.73 Å². The largest absolute Gasteiger partial charge is 0.326 e. The Bertz CT molecular complexity index is 750. The third-order valence-corrected chi connectivity index (χ3v) is 4.70. The molecule has 1 aromatic heterocycles. The maximum atomic E-state index is 12.5. The molecule has 0 saturated heterocycles. The number of nitrogens with two attached hydrogens (primary N) is 1. The van der Waals surface area contributed by atoms with Crippen LogP contribution in [0.3, 0.4) is 0 Å². The zero-order valence-electron chi connectivity index (χ0n) is 12.4. The van der Waals surface area contributed by atoms with Crippen LogP contribution in [-0.2, 0) is 30.0 Å². The second-order valence-electron chi connectivity index (χ2n) is 4.91. The van der Waals surface area contributed by atoms with Crippen molar-refractivity contribution in [1.82, 2.24) is 9.78 Å². The van der Waals surface area contributed by atoms with Crippen molar-refractivity contribution in [2.75, 3.05) is 4.72 Å². The molecular formula is C14H20N4O2S. The Kier molecular flexibility index (Phi) is 4.34. The summed E-state index contributed by atoms with van der Waals surface area (Å²) < 4.78 is 29.1. The van der Waals surface area contributed by atoms with Gasteiger partial charge in [0.15, 0.2) is 0 Å². The molecule has 114 valence electrons. The number of aromatic nitrogens is 2. The molecule has 0 aliphatic rings. The molecule has 0 radical (unpaired) electrons. The van der Waals surface area contributed by atoms with Crippen LogP contribution >= 0.6 is 0 Å². The van der Waals surface area contributed by atoms with Crippen LogP contribution in [0.25, 0.3) is 0 Å². The minimum Gasteiger partial charge on any atom is -0.326 e. The number of anilines is 1. The van der Waals surface area contributed by atoms with Gasteiger partial charge in [-0.25, -0.2) is 8.42 Å². The van der Waals surface area contributed by atoms with Crippen molar-refractivity contribution in [2.24, 2.45) is 12.8 Å². The van der Waals surface area contributed by atoms with Crippen LogP contribution < -0.4 is 10.5 Å². The fourth-order valence-corrected chi connectivity index (χ4v) is 3.24. The normalized spacial score (nSPS) is 11.6. The summed E-state index contributed by atoms with van der Waals surface area (Å²) in [5.41, 5.74) is 8.66. The number of aryl methyl sites for hydroxylation is 3. The van der Waals surface area contributed by atoms with E-state index in [0.717, 1.165) is 11.1 Å². The van der Waals surface area contributed by atoms with Crippen LogP contribution in [-0.4, -0.2) is 18.2 Å². The van der Waals surface area contributed by atoms with Gasteiger partial charge in [0, 0.05) is 19.8 Å². The molecule has 0 saturated carbocycles. The molecule has 0 aliphatic heterocycles. The van der Waals surface area contributed by atoms with Gasteiger partial charge in [-0.15, -0.1) is 0 Å². The predicted molar refractivity (Wildman–Crippen MR) is 82.5 cm³/mol. The Morgan fingerprint density at radius 3 is 2.71 bits per heavy atom. The molecule has 0 unspecified atom stereocenters. The average molecular weight is 308 g/mol. The third kappa shape index (κ3) is 3.25. The van der Waals surface area contributed by atoms with E-state index in [4.69, 9.17) is 5.73 Å². The summed E-state index contributed by atoms with van der Waals surface area (Å²) in [5, 5.41) is 4.22. The summed E-state index contributed by atoms with van der Waals surface area (Å²) in [6.45, 7) is 4.14. The molecule has 2 aromatic rings. The Hall–Kier alpha value is -1.86. The number of sulfonamides is 1. The molecule has 0 amide bonds. The highest BCUT2D eigenvalue weighted by Gasteiger charge is 2.18. The van der Waals surface area contributed by atoms with Crippen LogP contribution in [0.2, 0.25) is 0 Å². The lowest BCUT2D eigenvalue weighted by atomic mass is 10.1. The second-order valence-corrected chi connectivity index (χ2v) is 6.60. The first-order valence-electron chi connectivity index (χ1n) is 6.72. The summed E-state index contributed by atoms with van der Waals surface area (Å²) in [6, 6.07) is 4.96. The van der Waals surface area contributed by atoms with Gasteiger partial charge in [0.2, 0.25) is 0 Å². The molecule has 6 nitrogen and oxygen atoms in total. The number of hydrogen-bond acceptors (Lipinski definition) is 4. The molecule has 0 atom stereocenters. The summed E-state index contributed by atoms with van der Waals surface area (Å²) in [6.07, 6.45) is 2.31. The predicted octanol–water partition coefficient (Wildman–Crippen LogP) is 1.55. The Labute approximate surface area is 125 Å². The van der Waals surface area contributed by atoms with E-state index in [2.05, 4.69) is 9.82 Å². The molecule has 2 rings (SSSR count). The lowest BCUT2D eigenvalue weighted by Gasteiger charge is -2.10. The van der Waals surface area contributed by atoms with Crippen molar-refractivity contribution in [2.45, 2.75) is 31.7 Å². The Balaban J connectivity index is 2.38. The van der Waals surface area contributed by atoms with Crippen LogP contribution in [0.1, 0.15) is 23.7 Å². The number of nitrogens with zero attached hydrogens (tertiary/aromatic N) is 2. The first-order valence-corrected chi connectivity index (χ1v) is 8.20. The van der Waals surface area contributed by atoms with E-state index in [1.54, 1.807) is 36.1 Å². The van der Waals surface area contributed by atoms with Gasteiger partial charge in [-0.1, -0.05) is 13.0 Å². The molecule has 0 aliphatic carbocycles. The van der Waals surface area contributed by atoms with Crippen LogP contribution in [0, 0.1) is 6.92 Å². The summed E-state index contributed by atoms with van der Waals surface area (Å²) in [4.78, 5) is 0.208. The quantitative estimate of drug-likeness (QED) is 0.877. The first-order chi connectivity index (χ1) is 9.87. The van der Waals surface area contributed by atoms with Crippen LogP contribution in [0.4, 0.5) is 5.69 Å². The minimum atomic E-state index is -3.64. The lowest BCUT2D eigenvalue weighted by molar-refractivity contribution is 0.601. The van der Waals surface area contributed by atoms with E-state index in [-0.39, 0.29) is 4.90 Å². The van der Waals surface area contributed by atoms with Gasteiger partial charge in [0.05, 0.1) is 16.3 Å². The Morgan fingerprint density at radius 1 is 1.38 bits per heavy atom. The van der Waals surface area contributed by atoms with Gasteiger partial charge in [0.1, 0.15) is 0 Å². The molecular weight excluding hydrogens is 288 g/mol. The first kappa shape index (κ1) is 15.5. The summed E-state index contributed by atoms with van der Waals surface area (Å²) in [7, 11) is -1.88. The van der Waals surface area contributed by atoms with E-state index >= 15 is 0 Å². The van der Waals surface area contributed by atoms with E-state index < -0.39 is 10.0 Å². The van der Waals surface area contributed by atoms with Gasteiger partial charge in [-0.2, -0.15) is 5.10 Å². The second kappa shape index (κ2) is 5.87. The molecule has 21 heavy (non-hydrogen) atoms. The fraction of sp³-hybridized carbons (Fsp3) is 0.357. The number of nitrogens with one attached hydrogen (secondary N) is 1. The topological polar surface area (TPSA) is 90.0 Å². The lowest BCUT2D eigenvalue weighted by Crippen LogP contribution is -2.14. The van der Waals surface area contributed by atoms with Crippen molar-refractivity contribution in [3.63, 3.8) is 0 Å². The molecule has 0 fully saturated rings. The highest BCUT2D eigenvalue weighted by molar-refractivity contribution is 7.92. The number of benzene rings is 1. The molecule has 0 bridgehead atoms. The van der Waals surface area contributed by atoms with Crippen molar-refractivity contribution in [1.29, 1.82) is 0 Å². The summed E-state index contributed by atoms with van der Waals surface area (Å²) in [5.74, 6) is 0. The monoisotopic (exact) mass is 308 g/mol. The van der Waals surface area contributed by atoms with E-state index in [1.807, 2.05) is 13.8 Å². The zero-order valence-corrected chi connectivity index (χ0v) is 13.2. The van der Waals surface area contributed by atoms with Crippen molar-refractivity contribution >= 4 is 15.7 Å². The molecule has 7 heteroatoms. The highest BCUT2D eigenvalue weighted by atomic mass is 32.2. The number of hydrogen-bond donors (Lipinski definition) is 2. The van der Waals surface area contributed by atoms with Gasteiger partial charge in [0.25, 0.3) is 10.0 Å². The van der Waals surface area contributed by atoms with Crippen LogP contribution in [0.5, 0.6) is 0 Å². The van der Waals surface area contributed by atoms with Gasteiger partial charge in [-0.3, -0.25) is 9.40 Å². The van der Waals surface area contributed by atoms with Gasteiger partial charge >= 0.3 is 0 Å².